The average molecular weight is 179 g/mol. The van der Waals surface area contributed by atoms with Crippen LogP contribution in [0.3, 0.4) is 0 Å². The third-order valence-electron chi connectivity index (χ3n) is 1.33. The summed E-state index contributed by atoms with van der Waals surface area (Å²) in [6.45, 7) is 11.3. The zero-order chi connectivity index (χ0) is 10.3. The number of nitrogens with zero attached hydrogens (tertiary/aromatic N) is 1. The molecule has 0 unspecified atom stereocenters. The molecule has 0 spiro atoms. The molecule has 13 heavy (non-hydrogen) atoms. The number of aryl methyl sites for hydroxylation is 1. The molecule has 0 atom stereocenters. The molecular formula is C11H17NO. The van der Waals surface area contributed by atoms with Gasteiger partial charge in [0.25, 0.3) is 0 Å². The summed E-state index contributed by atoms with van der Waals surface area (Å²) in [6, 6.07) is 0. The lowest BCUT2D eigenvalue weighted by Crippen LogP contribution is -2.20. The van der Waals surface area contributed by atoms with Crippen molar-refractivity contribution in [2.45, 2.75) is 27.7 Å². The highest BCUT2D eigenvalue weighted by atomic mass is 16.3. The van der Waals surface area contributed by atoms with E-state index in [1.165, 1.54) is 0 Å². The third kappa shape index (κ3) is 3.28. The highest BCUT2D eigenvalue weighted by Crippen LogP contribution is 1.79. The molecule has 2 heteroatoms. The number of hydrogen-bond acceptors (Lipinski definition) is 2. The van der Waals surface area contributed by atoms with Gasteiger partial charge in [-0.2, -0.15) is 0 Å². The van der Waals surface area contributed by atoms with Gasteiger partial charge in [-0.15, -0.1) is 0 Å². The fourth-order valence-electron chi connectivity index (χ4n) is 0.892. The van der Waals surface area contributed by atoms with Crippen LogP contribution in [0.1, 0.15) is 26.7 Å². The maximum atomic E-state index is 5.28. The topological polar surface area (TPSA) is 26.0 Å². The molecule has 0 aromatic carbocycles. The second kappa shape index (κ2) is 6.23. The van der Waals surface area contributed by atoms with Gasteiger partial charge < -0.3 is 4.42 Å². The first-order valence-corrected chi connectivity index (χ1v) is 4.50. The monoisotopic (exact) mass is 179 g/mol. The average Bonchev–Trinajstić information content (AvgIpc) is 2.50. The molecule has 1 aromatic rings. The number of allylic oxidation sites excluding steroid dienone is 1. The van der Waals surface area contributed by atoms with E-state index in [0.29, 0.717) is 5.89 Å². The Kier molecular flexibility index (Phi) is 5.60. The van der Waals surface area contributed by atoms with Crippen molar-refractivity contribution in [2.24, 2.45) is 0 Å². The smallest absolute Gasteiger partial charge is 0.192 e. The number of aromatic nitrogens is 1. The van der Waals surface area contributed by atoms with Gasteiger partial charge in [-0.1, -0.05) is 32.6 Å². The second-order valence-corrected chi connectivity index (χ2v) is 2.17. The number of hydrogen-bond donors (Lipinski definition) is 0. The van der Waals surface area contributed by atoms with Crippen molar-refractivity contribution < 1.29 is 4.42 Å². The maximum Gasteiger partial charge on any atom is 0.192 e. The molecular weight excluding hydrogens is 162 g/mol. The van der Waals surface area contributed by atoms with Crippen LogP contribution in [0.4, 0.5) is 0 Å². The highest BCUT2D eigenvalue weighted by molar-refractivity contribution is 5.32. The fourth-order valence-corrected chi connectivity index (χ4v) is 0.892. The Morgan fingerprint density at radius 2 is 2.00 bits per heavy atom. The van der Waals surface area contributed by atoms with Crippen LogP contribution >= 0.6 is 0 Å². The lowest BCUT2D eigenvalue weighted by molar-refractivity contribution is 0.492. The predicted molar refractivity (Wildman–Crippen MR) is 56.6 cm³/mol. The summed E-state index contributed by atoms with van der Waals surface area (Å²) in [5, 5.41) is 0.877. The minimum Gasteiger partial charge on any atom is -0.441 e. The van der Waals surface area contributed by atoms with Crippen molar-refractivity contribution in [2.75, 3.05) is 0 Å². The summed E-state index contributed by atoms with van der Waals surface area (Å²) < 4.78 is 5.28. The first-order chi connectivity index (χ1) is 6.27. The quantitative estimate of drug-likeness (QED) is 0.656. The number of oxazole rings is 1. The maximum absolute atomic E-state index is 5.28. The van der Waals surface area contributed by atoms with Gasteiger partial charge >= 0.3 is 0 Å². The Hall–Kier alpha value is -1.31. The van der Waals surface area contributed by atoms with Gasteiger partial charge in [0.1, 0.15) is 5.35 Å². The van der Waals surface area contributed by atoms with Crippen molar-refractivity contribution in [3.8, 4) is 0 Å². The Balaban J connectivity index is 0.000000671. The van der Waals surface area contributed by atoms with Gasteiger partial charge in [-0.25, -0.2) is 4.98 Å². The zero-order valence-corrected chi connectivity index (χ0v) is 8.79. The van der Waals surface area contributed by atoms with Gasteiger partial charge in [0.15, 0.2) is 11.3 Å². The van der Waals surface area contributed by atoms with Gasteiger partial charge in [-0.05, 0) is 13.0 Å². The van der Waals surface area contributed by atoms with Gasteiger partial charge in [-0.3, -0.25) is 0 Å². The minimum atomic E-state index is 0.686. The van der Waals surface area contributed by atoms with E-state index >= 15 is 0 Å². The molecule has 0 bridgehead atoms. The SMILES string of the molecule is C=C/C=c1/oc(C)n/c1=C/C.CC. The first kappa shape index (κ1) is 11.7. The largest absolute Gasteiger partial charge is 0.441 e. The fraction of sp³-hybridized carbons (Fsp3) is 0.364. The van der Waals surface area contributed by atoms with E-state index < -0.39 is 0 Å². The lowest BCUT2D eigenvalue weighted by atomic mass is 10.4. The summed E-state index contributed by atoms with van der Waals surface area (Å²) >= 11 is 0. The molecule has 1 rings (SSSR count). The van der Waals surface area contributed by atoms with Crippen LogP contribution in [0.2, 0.25) is 0 Å². The summed E-state index contributed by atoms with van der Waals surface area (Å²) in [6.07, 6.45) is 5.40. The van der Waals surface area contributed by atoms with Crippen molar-refractivity contribution in [3.05, 3.63) is 29.3 Å². The summed E-state index contributed by atoms with van der Waals surface area (Å²) in [5.41, 5.74) is 0.778. The van der Waals surface area contributed by atoms with Gasteiger partial charge in [0.05, 0.1) is 0 Å². The Bertz CT molecular complexity index is 360. The van der Waals surface area contributed by atoms with E-state index in [-0.39, 0.29) is 0 Å². The molecule has 0 saturated carbocycles. The van der Waals surface area contributed by atoms with E-state index in [2.05, 4.69) is 11.6 Å². The van der Waals surface area contributed by atoms with Crippen LogP contribution in [0.15, 0.2) is 17.1 Å². The molecule has 0 aliphatic rings. The molecule has 0 aliphatic carbocycles. The molecule has 2 nitrogen and oxygen atoms in total. The molecule has 0 radical (unpaired) electrons. The van der Waals surface area contributed by atoms with E-state index in [1.54, 1.807) is 12.2 Å². The molecule has 0 fully saturated rings. The molecule has 0 N–H and O–H groups in total. The van der Waals surface area contributed by atoms with Crippen LogP contribution in [-0.2, 0) is 0 Å². The van der Waals surface area contributed by atoms with Crippen LogP contribution in [-0.4, -0.2) is 4.98 Å². The Labute approximate surface area is 79.3 Å². The van der Waals surface area contributed by atoms with Crippen molar-refractivity contribution in [1.29, 1.82) is 0 Å². The summed E-state index contributed by atoms with van der Waals surface area (Å²) in [4.78, 5) is 4.15. The second-order valence-electron chi connectivity index (χ2n) is 2.17. The zero-order valence-electron chi connectivity index (χ0n) is 8.79. The van der Waals surface area contributed by atoms with Gasteiger partial charge in [0.2, 0.25) is 0 Å². The van der Waals surface area contributed by atoms with Gasteiger partial charge in [0, 0.05) is 6.92 Å². The standard InChI is InChI=1S/C9H11NO.C2H6/c1-4-6-9-8(5-2)10-7(3)11-9;1-2/h4-6H,1H2,2-3H3;1-2H3/b8-5+,9-6+;. The highest BCUT2D eigenvalue weighted by Gasteiger charge is 1.91. The summed E-state index contributed by atoms with van der Waals surface area (Å²) in [5.74, 6) is 0.686. The summed E-state index contributed by atoms with van der Waals surface area (Å²) in [7, 11) is 0. The normalized spacial score (nSPS) is 12.3. The van der Waals surface area contributed by atoms with E-state index in [9.17, 15) is 0 Å². The van der Waals surface area contributed by atoms with Crippen LogP contribution < -0.4 is 10.8 Å². The molecule has 0 saturated heterocycles. The molecule has 0 aliphatic heterocycles. The van der Waals surface area contributed by atoms with Crippen LogP contribution in [0.5, 0.6) is 0 Å². The Morgan fingerprint density at radius 3 is 2.46 bits per heavy atom. The van der Waals surface area contributed by atoms with Crippen molar-refractivity contribution in [1.82, 2.24) is 4.98 Å². The van der Waals surface area contributed by atoms with E-state index in [1.807, 2.05) is 33.8 Å². The predicted octanol–water partition coefficient (Wildman–Crippen LogP) is 1.78. The number of rotatable bonds is 1. The van der Waals surface area contributed by atoms with Crippen molar-refractivity contribution in [3.63, 3.8) is 0 Å². The Morgan fingerprint density at radius 1 is 1.38 bits per heavy atom. The van der Waals surface area contributed by atoms with Crippen molar-refractivity contribution >= 4 is 12.2 Å². The molecule has 0 amide bonds. The van der Waals surface area contributed by atoms with Crippen LogP contribution in [0, 0.1) is 6.92 Å². The molecule has 1 heterocycles. The van der Waals surface area contributed by atoms with Crippen LogP contribution in [0.25, 0.3) is 12.2 Å². The lowest BCUT2D eigenvalue weighted by Gasteiger charge is -1.72. The molecule has 1 aromatic heterocycles. The first-order valence-electron chi connectivity index (χ1n) is 4.50. The molecule has 72 valence electrons. The van der Waals surface area contributed by atoms with E-state index in [0.717, 1.165) is 10.8 Å². The van der Waals surface area contributed by atoms with E-state index in [4.69, 9.17) is 4.42 Å². The minimum absolute atomic E-state index is 0.686. The third-order valence-corrected chi connectivity index (χ3v) is 1.33.